The molecule has 218 valence electrons. The zero-order chi connectivity index (χ0) is 28.7. The van der Waals surface area contributed by atoms with Gasteiger partial charge in [0.05, 0.1) is 40.7 Å². The van der Waals surface area contributed by atoms with Crippen molar-refractivity contribution in [1.82, 2.24) is 19.9 Å². The zero-order valence-electron chi connectivity index (χ0n) is 22.8. The molecule has 9 nitrogen and oxygen atoms in total. The summed E-state index contributed by atoms with van der Waals surface area (Å²) in [5.74, 6) is -0.612. The number of nitrogens with two attached hydrogens (primary N) is 1. The molecule has 8 rings (SSSR count). The molecule has 0 radical (unpaired) electrons. The highest BCUT2D eigenvalue weighted by atomic mass is 32.1. The van der Waals surface area contributed by atoms with Gasteiger partial charge in [-0.1, -0.05) is 0 Å². The molecule has 1 aromatic carbocycles. The molecular formula is C29H28F3N7O2S. The van der Waals surface area contributed by atoms with Crippen LogP contribution in [-0.2, 0) is 18.0 Å². The first-order valence-electron chi connectivity index (χ1n) is 14.1. The smallest absolute Gasteiger partial charge is 0.319 e. The topological polar surface area (TPSA) is 102 Å². The molecule has 2 atom stereocenters. The van der Waals surface area contributed by atoms with Gasteiger partial charge in [0, 0.05) is 37.0 Å². The van der Waals surface area contributed by atoms with E-state index in [1.807, 2.05) is 0 Å². The lowest BCUT2D eigenvalue weighted by molar-refractivity contribution is 0.107. The van der Waals surface area contributed by atoms with Gasteiger partial charge < -0.3 is 20.1 Å². The summed E-state index contributed by atoms with van der Waals surface area (Å²) in [5, 5.41) is 1.14. The van der Waals surface area contributed by atoms with Crippen molar-refractivity contribution in [3.8, 4) is 17.3 Å². The molecule has 0 saturated carbocycles. The molecule has 3 aromatic heterocycles. The van der Waals surface area contributed by atoms with Gasteiger partial charge in [-0.15, -0.1) is 11.3 Å². The monoisotopic (exact) mass is 595 g/mol. The Morgan fingerprint density at radius 2 is 2.00 bits per heavy atom. The van der Waals surface area contributed by atoms with Crippen molar-refractivity contribution in [2.75, 3.05) is 43.4 Å². The van der Waals surface area contributed by atoms with Gasteiger partial charge >= 0.3 is 6.01 Å². The third-order valence-electron chi connectivity index (χ3n) is 9.21. The van der Waals surface area contributed by atoms with E-state index >= 15 is 4.39 Å². The van der Waals surface area contributed by atoms with Crippen LogP contribution in [-0.4, -0.2) is 71.1 Å². The Morgan fingerprint density at radius 3 is 2.79 bits per heavy atom. The summed E-state index contributed by atoms with van der Waals surface area (Å²) in [6.07, 6.45) is 3.37. The van der Waals surface area contributed by atoms with Crippen LogP contribution < -0.4 is 15.4 Å². The number of pyridine rings is 1. The fourth-order valence-corrected chi connectivity index (χ4v) is 8.06. The minimum Gasteiger partial charge on any atom is -0.461 e. The third-order valence-corrected chi connectivity index (χ3v) is 10.2. The minimum absolute atomic E-state index is 0.0436. The molecule has 4 aliphatic rings. The van der Waals surface area contributed by atoms with Crippen molar-refractivity contribution < 1.29 is 22.6 Å². The molecule has 2 N–H and O–H groups in total. The maximum Gasteiger partial charge on any atom is 0.319 e. The van der Waals surface area contributed by atoms with E-state index in [1.54, 1.807) is 0 Å². The molecule has 42 heavy (non-hydrogen) atoms. The Morgan fingerprint density at radius 1 is 1.17 bits per heavy atom. The summed E-state index contributed by atoms with van der Waals surface area (Å²) in [5.41, 5.74) is 7.83. The van der Waals surface area contributed by atoms with Gasteiger partial charge in [0.2, 0.25) is 0 Å². The number of aromatic nitrogens is 3. The lowest BCUT2D eigenvalue weighted by Crippen LogP contribution is -2.43. The molecule has 4 aliphatic heterocycles. The van der Waals surface area contributed by atoms with Crippen LogP contribution in [0.15, 0.2) is 11.2 Å². The fraction of sp³-hybridized carbons (Fsp3) is 0.448. The van der Waals surface area contributed by atoms with Crippen LogP contribution in [0.4, 0.5) is 29.7 Å². The standard InChI is InChI=1S/C29H28F3N7O2S/c1-34-24-20-22(35-9-17(31)25(20)42-26(24)33)18-15-11-40-12-16(15)19-23(21(18)32)36-28(37-27(19)38-5-3-6-38)41-13-29-4-2-7-39(29)10-14(30)8-29/h9,14H,1-8,10-13,33H2/t14-,29+/m1/s1. The second-order valence-corrected chi connectivity index (χ2v) is 12.6. The fourth-order valence-electron chi connectivity index (χ4n) is 7.13. The Hall–Kier alpha value is -3.55. The molecule has 0 unspecified atom stereocenters. The predicted molar refractivity (Wildman–Crippen MR) is 156 cm³/mol. The van der Waals surface area contributed by atoms with E-state index in [0.717, 1.165) is 62.0 Å². The molecule has 3 fully saturated rings. The summed E-state index contributed by atoms with van der Waals surface area (Å²) in [6.45, 7) is 6.99. The van der Waals surface area contributed by atoms with E-state index in [0.29, 0.717) is 35.1 Å². The predicted octanol–water partition coefficient (Wildman–Crippen LogP) is 5.29. The van der Waals surface area contributed by atoms with E-state index in [-0.39, 0.29) is 58.0 Å². The number of ether oxygens (including phenoxy) is 2. The highest BCUT2D eigenvalue weighted by Gasteiger charge is 2.49. The van der Waals surface area contributed by atoms with Crippen LogP contribution >= 0.6 is 11.3 Å². The number of nitrogens with zero attached hydrogens (tertiary/aromatic N) is 6. The zero-order valence-corrected chi connectivity index (χ0v) is 23.6. The number of alkyl halides is 1. The first kappa shape index (κ1) is 26.1. The molecule has 4 aromatic rings. The Labute approximate surface area is 243 Å². The van der Waals surface area contributed by atoms with Gasteiger partial charge in [-0.25, -0.2) is 13.2 Å². The number of fused-ring (bicyclic) bond motifs is 5. The largest absolute Gasteiger partial charge is 0.461 e. The second kappa shape index (κ2) is 9.48. The van der Waals surface area contributed by atoms with E-state index in [1.165, 1.54) is 0 Å². The maximum absolute atomic E-state index is 16.9. The van der Waals surface area contributed by atoms with Gasteiger partial charge in [0.1, 0.15) is 34.8 Å². The van der Waals surface area contributed by atoms with E-state index in [4.69, 9.17) is 20.2 Å². The quantitative estimate of drug-likeness (QED) is 0.300. The van der Waals surface area contributed by atoms with Crippen LogP contribution in [0.1, 0.15) is 36.8 Å². The summed E-state index contributed by atoms with van der Waals surface area (Å²) in [7, 11) is 0. The number of nitrogen functional groups attached to an aromatic ring is 1. The highest BCUT2D eigenvalue weighted by molar-refractivity contribution is 7.23. The molecule has 0 amide bonds. The molecule has 0 aliphatic carbocycles. The molecule has 13 heteroatoms. The summed E-state index contributed by atoms with van der Waals surface area (Å²) in [4.78, 5) is 22.0. The number of thiophene rings is 1. The Kier molecular flexibility index (Phi) is 5.89. The lowest BCUT2D eigenvalue weighted by Gasteiger charge is -2.34. The molecular weight excluding hydrogens is 567 g/mol. The summed E-state index contributed by atoms with van der Waals surface area (Å²) in [6, 6.07) is 0.0436. The van der Waals surface area contributed by atoms with Crippen LogP contribution in [0, 0.1) is 11.6 Å². The van der Waals surface area contributed by atoms with Crippen LogP contribution in [0.2, 0.25) is 0 Å². The minimum atomic E-state index is -0.896. The van der Waals surface area contributed by atoms with Crippen LogP contribution in [0.25, 0.3) is 32.2 Å². The van der Waals surface area contributed by atoms with Crippen molar-refractivity contribution in [2.45, 2.75) is 50.6 Å². The van der Waals surface area contributed by atoms with E-state index in [2.05, 4.69) is 31.5 Å². The van der Waals surface area contributed by atoms with Gasteiger partial charge in [-0.2, -0.15) is 9.97 Å². The van der Waals surface area contributed by atoms with Crippen molar-refractivity contribution in [3.05, 3.63) is 29.0 Å². The van der Waals surface area contributed by atoms with Gasteiger partial charge in [-0.3, -0.25) is 14.9 Å². The van der Waals surface area contributed by atoms with E-state index < -0.39 is 23.3 Å². The lowest BCUT2D eigenvalue weighted by atomic mass is 9.93. The third kappa shape index (κ3) is 3.69. The number of benzene rings is 1. The van der Waals surface area contributed by atoms with Gasteiger partial charge in [-0.05, 0) is 43.7 Å². The maximum atomic E-state index is 16.9. The van der Waals surface area contributed by atoms with Gasteiger partial charge in [0.25, 0.3) is 0 Å². The molecule has 0 bridgehead atoms. The molecule has 7 heterocycles. The van der Waals surface area contributed by atoms with Crippen molar-refractivity contribution in [1.29, 1.82) is 0 Å². The van der Waals surface area contributed by atoms with Crippen LogP contribution in [0.3, 0.4) is 0 Å². The van der Waals surface area contributed by atoms with Crippen LogP contribution in [0.5, 0.6) is 6.01 Å². The number of hydrogen-bond acceptors (Lipinski definition) is 10. The molecule has 0 spiro atoms. The first-order chi connectivity index (χ1) is 20.4. The summed E-state index contributed by atoms with van der Waals surface area (Å²) >= 11 is 1.02. The number of halogens is 3. The molecule has 3 saturated heterocycles. The average molecular weight is 596 g/mol. The van der Waals surface area contributed by atoms with Crippen molar-refractivity contribution in [2.24, 2.45) is 4.99 Å². The van der Waals surface area contributed by atoms with Crippen molar-refractivity contribution >= 4 is 55.5 Å². The Balaban J connectivity index is 1.33. The van der Waals surface area contributed by atoms with Crippen molar-refractivity contribution in [3.63, 3.8) is 0 Å². The average Bonchev–Trinajstić information content (AvgIpc) is 3.70. The second-order valence-electron chi connectivity index (χ2n) is 11.5. The number of rotatable bonds is 6. The van der Waals surface area contributed by atoms with E-state index in [9.17, 15) is 8.78 Å². The first-order valence-corrected chi connectivity index (χ1v) is 14.9. The normalized spacial score (nSPS) is 23.5. The Bertz CT molecular complexity index is 1800. The van der Waals surface area contributed by atoms with Gasteiger partial charge in [0.15, 0.2) is 11.6 Å². The SMILES string of the molecule is C=Nc1c(N)sc2c(F)cnc(-c3c4c(c5c(N6CCC6)nc(OC[C@@]67CCCN6C[C@H](F)C7)nc5c3F)COC4)c12. The summed E-state index contributed by atoms with van der Waals surface area (Å²) < 4.78 is 58.5. The highest BCUT2D eigenvalue weighted by Crippen LogP contribution is 2.49. The number of hydrogen-bond donors (Lipinski definition) is 1. The number of aliphatic imine (C=N–C) groups is 1. The number of anilines is 2.